The molecule has 1 aromatic heterocycles. The van der Waals surface area contributed by atoms with Crippen LogP contribution in [0.1, 0.15) is 31.9 Å². The van der Waals surface area contributed by atoms with Crippen molar-refractivity contribution in [1.82, 2.24) is 4.90 Å². The molecule has 6 heteroatoms. The molecule has 0 amide bonds. The second-order valence-electron chi connectivity index (χ2n) is 7.21. The number of aryl methyl sites for hydroxylation is 1. The lowest BCUT2D eigenvalue weighted by atomic mass is 9.98. The Balaban J connectivity index is 1.48. The van der Waals surface area contributed by atoms with Crippen LogP contribution in [0, 0.1) is 12.7 Å². The number of hydrogen-bond donors (Lipinski definition) is 0. The van der Waals surface area contributed by atoms with E-state index in [9.17, 15) is 9.18 Å². The first-order chi connectivity index (χ1) is 14.1. The average molecular weight is 407 g/mol. The standard InChI is InChI=1S/C23H18FNO3S/c1-14-9-19-18(12-25(13-27-19)11-17-3-2-8-29-17)23-21(14)22(26)20(28-23)10-15-4-6-16(24)7-5-15/h2-10H,11-13H2,1H3/b20-10-. The second kappa shape index (κ2) is 7.13. The van der Waals surface area contributed by atoms with Crippen LogP contribution in [0.2, 0.25) is 0 Å². The first kappa shape index (κ1) is 18.1. The molecule has 3 aromatic rings. The summed E-state index contributed by atoms with van der Waals surface area (Å²) in [5.74, 6) is 1.12. The maximum absolute atomic E-state index is 13.2. The molecule has 4 nitrogen and oxygen atoms in total. The van der Waals surface area contributed by atoms with Crippen LogP contribution in [0.15, 0.2) is 53.6 Å². The summed E-state index contributed by atoms with van der Waals surface area (Å²) in [4.78, 5) is 16.4. The van der Waals surface area contributed by atoms with Crippen LogP contribution in [0.4, 0.5) is 4.39 Å². The number of thiophene rings is 1. The number of hydrogen-bond acceptors (Lipinski definition) is 5. The quantitative estimate of drug-likeness (QED) is 0.562. The van der Waals surface area contributed by atoms with Crippen molar-refractivity contribution in [3.05, 3.63) is 86.6 Å². The molecule has 0 unspecified atom stereocenters. The predicted molar refractivity (Wildman–Crippen MR) is 110 cm³/mol. The van der Waals surface area contributed by atoms with Gasteiger partial charge in [0.05, 0.1) is 11.1 Å². The molecular formula is C23H18FNO3S. The summed E-state index contributed by atoms with van der Waals surface area (Å²) < 4.78 is 25.2. The van der Waals surface area contributed by atoms with Crippen LogP contribution in [0.25, 0.3) is 6.08 Å². The lowest BCUT2D eigenvalue weighted by molar-refractivity contribution is 0.0881. The molecule has 0 saturated heterocycles. The summed E-state index contributed by atoms with van der Waals surface area (Å²) in [6.07, 6.45) is 1.65. The van der Waals surface area contributed by atoms with Crippen molar-refractivity contribution in [2.75, 3.05) is 6.73 Å². The van der Waals surface area contributed by atoms with E-state index in [0.717, 1.165) is 23.4 Å². The normalized spacial score (nSPS) is 17.0. The monoisotopic (exact) mass is 407 g/mol. The Bertz CT molecular complexity index is 1120. The molecule has 0 saturated carbocycles. The van der Waals surface area contributed by atoms with Crippen molar-refractivity contribution in [1.29, 1.82) is 0 Å². The number of carbonyl (C=O) groups is 1. The van der Waals surface area contributed by atoms with E-state index in [4.69, 9.17) is 9.47 Å². The molecule has 146 valence electrons. The summed E-state index contributed by atoms with van der Waals surface area (Å²) in [5.41, 5.74) is 3.02. The summed E-state index contributed by atoms with van der Waals surface area (Å²) in [5, 5.41) is 2.06. The van der Waals surface area contributed by atoms with Crippen molar-refractivity contribution in [3.63, 3.8) is 0 Å². The molecule has 0 spiro atoms. The predicted octanol–water partition coefficient (Wildman–Crippen LogP) is 5.16. The molecule has 0 aliphatic carbocycles. The van der Waals surface area contributed by atoms with E-state index in [1.54, 1.807) is 29.5 Å². The molecule has 0 radical (unpaired) electrons. The fourth-order valence-corrected chi connectivity index (χ4v) is 4.46. The fraction of sp³-hybridized carbons (Fsp3) is 0.174. The van der Waals surface area contributed by atoms with E-state index in [-0.39, 0.29) is 17.4 Å². The maximum Gasteiger partial charge on any atom is 0.232 e. The van der Waals surface area contributed by atoms with E-state index in [1.807, 2.05) is 19.1 Å². The van der Waals surface area contributed by atoms with E-state index >= 15 is 0 Å². The highest BCUT2D eigenvalue weighted by molar-refractivity contribution is 7.09. The minimum Gasteiger partial charge on any atom is -0.478 e. The highest BCUT2D eigenvalue weighted by Gasteiger charge is 2.35. The lowest BCUT2D eigenvalue weighted by Crippen LogP contribution is -2.31. The van der Waals surface area contributed by atoms with Gasteiger partial charge in [-0.1, -0.05) is 18.2 Å². The molecule has 0 bridgehead atoms. The zero-order valence-corrected chi connectivity index (χ0v) is 16.6. The molecule has 2 aliphatic heterocycles. The van der Waals surface area contributed by atoms with Gasteiger partial charge in [-0.3, -0.25) is 9.69 Å². The minimum atomic E-state index is -0.318. The van der Waals surface area contributed by atoms with Gasteiger partial charge in [-0.05, 0) is 53.8 Å². The summed E-state index contributed by atoms with van der Waals surface area (Å²) >= 11 is 1.71. The number of fused-ring (bicyclic) bond motifs is 3. The van der Waals surface area contributed by atoms with Gasteiger partial charge in [-0.15, -0.1) is 11.3 Å². The number of rotatable bonds is 3. The zero-order valence-electron chi connectivity index (χ0n) is 15.8. The van der Waals surface area contributed by atoms with Crippen molar-refractivity contribution < 1.29 is 18.7 Å². The van der Waals surface area contributed by atoms with Gasteiger partial charge >= 0.3 is 0 Å². The molecular weight excluding hydrogens is 389 g/mol. The van der Waals surface area contributed by atoms with E-state index in [2.05, 4.69) is 16.3 Å². The average Bonchev–Trinajstić information content (AvgIpc) is 3.33. The molecule has 0 fully saturated rings. The Hall–Kier alpha value is -2.96. The van der Waals surface area contributed by atoms with Gasteiger partial charge in [0.1, 0.15) is 24.0 Å². The van der Waals surface area contributed by atoms with Crippen molar-refractivity contribution >= 4 is 23.2 Å². The van der Waals surface area contributed by atoms with Crippen molar-refractivity contribution in [2.45, 2.75) is 20.0 Å². The molecule has 2 aliphatic rings. The van der Waals surface area contributed by atoms with Crippen LogP contribution in [-0.4, -0.2) is 17.4 Å². The zero-order chi connectivity index (χ0) is 20.0. The Morgan fingerprint density at radius 2 is 2.07 bits per heavy atom. The van der Waals surface area contributed by atoms with Crippen LogP contribution in [0.3, 0.4) is 0 Å². The SMILES string of the molecule is Cc1cc2c(c3c1C(=O)/C(=C/c1ccc(F)cc1)O3)CN(Cc1cccs1)CO2. The van der Waals surface area contributed by atoms with Gasteiger partial charge in [0.2, 0.25) is 5.78 Å². The van der Waals surface area contributed by atoms with Gasteiger partial charge in [-0.2, -0.15) is 0 Å². The summed E-state index contributed by atoms with van der Waals surface area (Å²) in [7, 11) is 0. The van der Waals surface area contributed by atoms with Crippen molar-refractivity contribution in [3.8, 4) is 11.5 Å². The molecule has 29 heavy (non-hydrogen) atoms. The van der Waals surface area contributed by atoms with E-state index < -0.39 is 0 Å². The van der Waals surface area contributed by atoms with Crippen LogP contribution in [0.5, 0.6) is 11.5 Å². The van der Waals surface area contributed by atoms with Gasteiger partial charge in [0.25, 0.3) is 0 Å². The molecule has 0 N–H and O–H groups in total. The number of carbonyl (C=O) groups excluding carboxylic acids is 1. The Labute approximate surface area is 171 Å². The van der Waals surface area contributed by atoms with Crippen LogP contribution >= 0.6 is 11.3 Å². The van der Waals surface area contributed by atoms with Crippen molar-refractivity contribution in [2.24, 2.45) is 0 Å². The first-order valence-electron chi connectivity index (χ1n) is 9.32. The summed E-state index contributed by atoms with van der Waals surface area (Å²) in [6.45, 7) is 3.82. The number of allylic oxidation sites excluding steroid dienone is 1. The topological polar surface area (TPSA) is 38.8 Å². The Morgan fingerprint density at radius 1 is 1.24 bits per heavy atom. The smallest absolute Gasteiger partial charge is 0.232 e. The second-order valence-corrected chi connectivity index (χ2v) is 8.24. The van der Waals surface area contributed by atoms with Gasteiger partial charge in [0.15, 0.2) is 5.76 Å². The minimum absolute atomic E-state index is 0.153. The third kappa shape index (κ3) is 3.34. The molecule has 3 heterocycles. The van der Waals surface area contributed by atoms with E-state index in [1.165, 1.54) is 17.0 Å². The highest BCUT2D eigenvalue weighted by atomic mass is 32.1. The highest BCUT2D eigenvalue weighted by Crippen LogP contribution is 2.44. The Morgan fingerprint density at radius 3 is 2.83 bits per heavy atom. The fourth-order valence-electron chi connectivity index (χ4n) is 3.71. The number of ketones is 1. The number of Topliss-reactive ketones (excluding diaryl/α,β-unsaturated/α-hetero) is 1. The maximum atomic E-state index is 13.2. The van der Waals surface area contributed by atoms with Gasteiger partial charge in [0, 0.05) is 18.0 Å². The molecule has 2 aromatic carbocycles. The largest absolute Gasteiger partial charge is 0.478 e. The lowest BCUT2D eigenvalue weighted by Gasteiger charge is -2.29. The van der Waals surface area contributed by atoms with E-state index in [0.29, 0.717) is 30.2 Å². The number of nitrogens with zero attached hydrogens (tertiary/aromatic N) is 1. The Kier molecular flexibility index (Phi) is 4.45. The third-order valence-electron chi connectivity index (χ3n) is 5.12. The first-order valence-corrected chi connectivity index (χ1v) is 10.2. The molecule has 5 rings (SSSR count). The number of halogens is 1. The van der Waals surface area contributed by atoms with Gasteiger partial charge < -0.3 is 9.47 Å². The van der Waals surface area contributed by atoms with Gasteiger partial charge in [-0.25, -0.2) is 4.39 Å². The van der Waals surface area contributed by atoms with Crippen LogP contribution in [-0.2, 0) is 13.1 Å². The number of benzene rings is 2. The van der Waals surface area contributed by atoms with Crippen LogP contribution < -0.4 is 9.47 Å². The number of ether oxygens (including phenoxy) is 2. The third-order valence-corrected chi connectivity index (χ3v) is 5.98. The summed E-state index contributed by atoms with van der Waals surface area (Å²) in [6, 6.07) is 12.0. The molecule has 0 atom stereocenters.